The number of nitrogens with zero attached hydrogens (tertiary/aromatic N) is 1. The molecule has 2 N–H and O–H groups in total. The molecular formula is C27H29NO9. The topological polar surface area (TPSA) is 132 Å². The van der Waals surface area contributed by atoms with Crippen molar-refractivity contribution >= 4 is 29.8 Å². The van der Waals surface area contributed by atoms with Gasteiger partial charge in [0, 0.05) is 6.54 Å². The Hall–Kier alpha value is -4.15. The summed E-state index contributed by atoms with van der Waals surface area (Å²) in [5.41, 5.74) is 1.25. The highest BCUT2D eigenvalue weighted by molar-refractivity contribution is 6.10. The zero-order chi connectivity index (χ0) is 26.8. The van der Waals surface area contributed by atoms with Crippen molar-refractivity contribution < 1.29 is 43.5 Å². The first-order chi connectivity index (χ1) is 17.8. The van der Waals surface area contributed by atoms with Gasteiger partial charge in [-0.3, -0.25) is 9.59 Å². The van der Waals surface area contributed by atoms with Gasteiger partial charge in [-0.15, -0.1) is 0 Å². The van der Waals surface area contributed by atoms with Crippen molar-refractivity contribution in [2.45, 2.75) is 12.5 Å². The van der Waals surface area contributed by atoms with Crippen molar-refractivity contribution in [1.29, 1.82) is 0 Å². The normalized spacial score (nSPS) is 15.6. The molecule has 3 rings (SSSR count). The van der Waals surface area contributed by atoms with Gasteiger partial charge in [0.1, 0.15) is 0 Å². The van der Waals surface area contributed by atoms with E-state index in [2.05, 4.69) is 0 Å². The lowest BCUT2D eigenvalue weighted by molar-refractivity contribution is -0.121. The fraction of sp³-hybridized carbons (Fsp3) is 0.296. The predicted molar refractivity (Wildman–Crippen MR) is 135 cm³/mol. The minimum atomic E-state index is -0.587. The average molecular weight is 512 g/mol. The molecule has 10 nitrogen and oxygen atoms in total. The van der Waals surface area contributed by atoms with E-state index in [1.165, 1.54) is 49.5 Å². The Bertz CT molecular complexity index is 1190. The molecule has 1 aliphatic heterocycles. The van der Waals surface area contributed by atoms with Gasteiger partial charge in [0.2, 0.25) is 0 Å². The standard InChI is InChI=1S/C27H29NO9/c1-34-25-13-18(5-9-23(25)32)3-7-20(30)15-21(31)8-4-19-6-10-24(26(14-19)35-2)37-27(33)28-11-12-36-22(16-28)17-29/h3-10,13-14,22,29,32H,11-12,15-17H2,1-2H3/b7-3+,8-4+. The Morgan fingerprint density at radius 3 is 2.22 bits per heavy atom. The van der Waals surface area contributed by atoms with Crippen LogP contribution in [-0.2, 0) is 14.3 Å². The molecule has 1 heterocycles. The number of benzene rings is 2. The number of phenolic OH excluding ortho intramolecular Hbond substituents is 1. The molecule has 1 fully saturated rings. The zero-order valence-electron chi connectivity index (χ0n) is 20.6. The summed E-state index contributed by atoms with van der Waals surface area (Å²) in [5.74, 6) is -0.0117. The molecule has 2 aromatic rings. The number of methoxy groups -OCH3 is 2. The van der Waals surface area contributed by atoms with Gasteiger partial charge in [-0.05, 0) is 47.5 Å². The van der Waals surface area contributed by atoms with E-state index in [4.69, 9.17) is 18.9 Å². The van der Waals surface area contributed by atoms with Gasteiger partial charge in [0.05, 0.1) is 46.5 Å². The van der Waals surface area contributed by atoms with Crippen molar-refractivity contribution in [3.63, 3.8) is 0 Å². The Labute approximate surface area is 214 Å². The lowest BCUT2D eigenvalue weighted by atomic mass is 10.1. The van der Waals surface area contributed by atoms with Gasteiger partial charge in [-0.2, -0.15) is 0 Å². The first kappa shape index (κ1) is 27.4. The third-order valence-electron chi connectivity index (χ3n) is 5.46. The van der Waals surface area contributed by atoms with Crippen LogP contribution in [0.25, 0.3) is 12.2 Å². The molecule has 1 atom stereocenters. The minimum Gasteiger partial charge on any atom is -0.504 e. The largest absolute Gasteiger partial charge is 0.504 e. The molecule has 1 saturated heterocycles. The summed E-state index contributed by atoms with van der Waals surface area (Å²) in [6, 6.07) is 9.43. The monoisotopic (exact) mass is 511 g/mol. The predicted octanol–water partition coefficient (Wildman–Crippen LogP) is 2.86. The Morgan fingerprint density at radius 2 is 1.59 bits per heavy atom. The summed E-state index contributed by atoms with van der Waals surface area (Å²) in [6.07, 6.45) is 4.30. The third kappa shape index (κ3) is 7.92. The number of hydrogen-bond donors (Lipinski definition) is 2. The summed E-state index contributed by atoms with van der Waals surface area (Å²) in [5, 5.41) is 18.9. The van der Waals surface area contributed by atoms with E-state index < -0.39 is 18.0 Å². The number of amides is 1. The number of morpholine rings is 1. The fourth-order valence-corrected chi connectivity index (χ4v) is 3.49. The second kappa shape index (κ2) is 13.2. The lowest BCUT2D eigenvalue weighted by Gasteiger charge is -2.31. The first-order valence-corrected chi connectivity index (χ1v) is 11.5. The van der Waals surface area contributed by atoms with E-state index >= 15 is 0 Å². The van der Waals surface area contributed by atoms with E-state index in [1.807, 2.05) is 0 Å². The van der Waals surface area contributed by atoms with Crippen LogP contribution in [0.2, 0.25) is 0 Å². The van der Waals surface area contributed by atoms with Gasteiger partial charge >= 0.3 is 6.09 Å². The maximum Gasteiger partial charge on any atom is 0.415 e. The van der Waals surface area contributed by atoms with Crippen molar-refractivity contribution in [2.75, 3.05) is 40.5 Å². The number of carbonyl (C=O) groups is 3. The summed E-state index contributed by atoms with van der Waals surface area (Å²) in [4.78, 5) is 38.3. The fourth-order valence-electron chi connectivity index (χ4n) is 3.49. The zero-order valence-corrected chi connectivity index (χ0v) is 20.6. The van der Waals surface area contributed by atoms with Crippen LogP contribution in [0.5, 0.6) is 23.0 Å². The number of allylic oxidation sites excluding steroid dienone is 2. The lowest BCUT2D eigenvalue weighted by Crippen LogP contribution is -2.47. The number of aliphatic hydroxyl groups excluding tert-OH is 1. The number of ketones is 2. The van der Waals surface area contributed by atoms with E-state index in [9.17, 15) is 24.6 Å². The van der Waals surface area contributed by atoms with Crippen LogP contribution >= 0.6 is 0 Å². The highest BCUT2D eigenvalue weighted by Gasteiger charge is 2.25. The summed E-state index contributed by atoms with van der Waals surface area (Å²) in [7, 11) is 2.85. The van der Waals surface area contributed by atoms with Gasteiger partial charge < -0.3 is 34.1 Å². The molecular weight excluding hydrogens is 482 g/mol. The smallest absolute Gasteiger partial charge is 0.415 e. The molecule has 0 radical (unpaired) electrons. The average Bonchev–Trinajstić information content (AvgIpc) is 2.91. The number of hydrogen-bond acceptors (Lipinski definition) is 9. The number of phenols is 1. The quantitative estimate of drug-likeness (QED) is 0.365. The van der Waals surface area contributed by atoms with Crippen LogP contribution in [0.3, 0.4) is 0 Å². The van der Waals surface area contributed by atoms with E-state index in [0.717, 1.165) is 0 Å². The molecule has 1 amide bonds. The number of ether oxygens (including phenoxy) is 4. The van der Waals surface area contributed by atoms with Crippen molar-refractivity contribution in [3.05, 3.63) is 59.7 Å². The summed E-state index contributed by atoms with van der Waals surface area (Å²) < 4.78 is 21.1. The van der Waals surface area contributed by atoms with E-state index in [1.54, 1.807) is 30.3 Å². The van der Waals surface area contributed by atoms with Crippen LogP contribution in [0.1, 0.15) is 17.5 Å². The number of aromatic hydroxyl groups is 1. The van der Waals surface area contributed by atoms with Gasteiger partial charge in [0.25, 0.3) is 0 Å². The summed E-state index contributed by atoms with van der Waals surface area (Å²) in [6.45, 7) is 0.677. The molecule has 1 aliphatic rings. The Morgan fingerprint density at radius 1 is 0.973 bits per heavy atom. The molecule has 0 spiro atoms. The van der Waals surface area contributed by atoms with Crippen LogP contribution < -0.4 is 14.2 Å². The second-order valence-electron chi connectivity index (χ2n) is 8.11. The van der Waals surface area contributed by atoms with E-state index in [-0.39, 0.29) is 42.6 Å². The molecule has 0 saturated carbocycles. The maximum atomic E-state index is 12.5. The van der Waals surface area contributed by atoms with Crippen molar-refractivity contribution in [3.8, 4) is 23.0 Å². The van der Waals surface area contributed by atoms with Crippen molar-refractivity contribution in [1.82, 2.24) is 4.90 Å². The van der Waals surface area contributed by atoms with Crippen molar-refractivity contribution in [2.24, 2.45) is 0 Å². The van der Waals surface area contributed by atoms with Gasteiger partial charge in [-0.1, -0.05) is 24.3 Å². The molecule has 10 heteroatoms. The maximum absolute atomic E-state index is 12.5. The minimum absolute atomic E-state index is 0.0117. The van der Waals surface area contributed by atoms with E-state index in [0.29, 0.717) is 30.0 Å². The molecule has 2 aromatic carbocycles. The molecule has 196 valence electrons. The molecule has 0 bridgehead atoms. The summed E-state index contributed by atoms with van der Waals surface area (Å²) >= 11 is 0. The van der Waals surface area contributed by atoms with Crippen LogP contribution in [0.4, 0.5) is 4.79 Å². The van der Waals surface area contributed by atoms with Gasteiger partial charge in [-0.25, -0.2) is 4.79 Å². The Kier molecular flexibility index (Phi) is 9.82. The van der Waals surface area contributed by atoms with Gasteiger partial charge in [0.15, 0.2) is 34.6 Å². The van der Waals surface area contributed by atoms with Crippen LogP contribution in [0, 0.1) is 0 Å². The number of carbonyl (C=O) groups excluding carboxylic acids is 3. The molecule has 0 aromatic heterocycles. The molecule has 1 unspecified atom stereocenters. The molecule has 37 heavy (non-hydrogen) atoms. The number of rotatable bonds is 10. The Balaban J connectivity index is 1.57. The third-order valence-corrected chi connectivity index (χ3v) is 5.46. The number of aliphatic hydroxyl groups is 1. The first-order valence-electron chi connectivity index (χ1n) is 11.5. The SMILES string of the molecule is COc1cc(/C=C/C(=O)CC(=O)/C=C/c2ccc(OC(=O)N3CCOC(CO)C3)c(OC)c2)ccc1O. The highest BCUT2D eigenvalue weighted by Crippen LogP contribution is 2.29. The van der Waals surface area contributed by atoms with Crippen LogP contribution in [-0.4, -0.2) is 79.4 Å². The van der Waals surface area contributed by atoms with Crippen LogP contribution in [0.15, 0.2) is 48.6 Å². The molecule has 0 aliphatic carbocycles. The highest BCUT2D eigenvalue weighted by atomic mass is 16.6. The second-order valence-corrected chi connectivity index (χ2v) is 8.11.